The molecule has 1 aromatic carbocycles. The summed E-state index contributed by atoms with van der Waals surface area (Å²) in [4.78, 5) is 22.2. The van der Waals surface area contributed by atoms with E-state index < -0.39 is 29.6 Å². The van der Waals surface area contributed by atoms with Crippen LogP contribution in [0.2, 0.25) is 14.8 Å². The molecule has 0 saturated carbocycles. The van der Waals surface area contributed by atoms with Gasteiger partial charge in [0.2, 0.25) is 0 Å². The molecule has 2 aliphatic heterocycles. The first-order valence-electron chi connectivity index (χ1n) is 9.93. The van der Waals surface area contributed by atoms with Crippen molar-refractivity contribution >= 4 is 24.5 Å². The number of carbonyl (C=O) groups excluding carboxylic acids is 1. The second kappa shape index (κ2) is 7.43. The molecule has 2 aliphatic rings. The number of amides is 1. The van der Waals surface area contributed by atoms with Gasteiger partial charge in [-0.3, -0.25) is 0 Å². The van der Waals surface area contributed by atoms with Gasteiger partial charge >= 0.3 is 168 Å². The van der Waals surface area contributed by atoms with Crippen LogP contribution >= 0.6 is 0 Å². The summed E-state index contributed by atoms with van der Waals surface area (Å²) in [5.41, 5.74) is 0.169. The van der Waals surface area contributed by atoms with Crippen LogP contribution < -0.4 is 0 Å². The van der Waals surface area contributed by atoms with Crippen molar-refractivity contribution in [3.05, 3.63) is 45.6 Å². The van der Waals surface area contributed by atoms with Crippen LogP contribution in [-0.2, 0) is 9.47 Å². The van der Waals surface area contributed by atoms with E-state index in [9.17, 15) is 4.79 Å². The molecule has 4 nitrogen and oxygen atoms in total. The zero-order valence-corrected chi connectivity index (χ0v) is 20.4. The van der Waals surface area contributed by atoms with Crippen LogP contribution in [0.4, 0.5) is 4.79 Å². The van der Waals surface area contributed by atoms with Crippen LogP contribution in [-0.4, -0.2) is 53.7 Å². The van der Waals surface area contributed by atoms with Crippen molar-refractivity contribution in [3.8, 4) is 0 Å². The summed E-state index contributed by atoms with van der Waals surface area (Å²) in [6, 6.07) is 10.1. The minimum atomic E-state index is -2.22. The first-order chi connectivity index (χ1) is 12.5. The van der Waals surface area contributed by atoms with Crippen molar-refractivity contribution in [1.29, 1.82) is 0 Å². The Morgan fingerprint density at radius 2 is 1.89 bits per heavy atom. The molecule has 2 atom stereocenters. The second-order valence-corrected chi connectivity index (χ2v) is 24.4. The van der Waals surface area contributed by atoms with Crippen LogP contribution in [0.5, 0.6) is 0 Å². The maximum atomic E-state index is 13.1. The van der Waals surface area contributed by atoms with Crippen molar-refractivity contribution in [3.63, 3.8) is 0 Å². The number of nitrogens with zero attached hydrogens (tertiary/aromatic N) is 1. The van der Waals surface area contributed by atoms with E-state index in [1.807, 2.05) is 43.9 Å². The third kappa shape index (κ3) is 4.53. The number of hydrogen-bond donors (Lipinski definition) is 0. The summed E-state index contributed by atoms with van der Waals surface area (Å²) in [6.45, 7) is 7.16. The molecule has 0 aromatic heterocycles. The van der Waals surface area contributed by atoms with Crippen LogP contribution in [0.1, 0.15) is 45.2 Å². The van der Waals surface area contributed by atoms with Crippen LogP contribution in [0.3, 0.4) is 0 Å². The Morgan fingerprint density at radius 3 is 2.44 bits per heavy atom. The van der Waals surface area contributed by atoms with Gasteiger partial charge in [-0.2, -0.15) is 0 Å². The average molecular weight is 478 g/mol. The van der Waals surface area contributed by atoms with Crippen molar-refractivity contribution in [2.45, 2.75) is 65.7 Å². The molecule has 1 saturated heterocycles. The van der Waals surface area contributed by atoms with E-state index in [2.05, 4.69) is 33.0 Å². The Hall–Kier alpha value is -1.01. The predicted octanol–water partition coefficient (Wildman–Crippen LogP) is 5.33. The first kappa shape index (κ1) is 20.7. The summed E-state index contributed by atoms with van der Waals surface area (Å²) in [5, 5.41) is 0. The van der Waals surface area contributed by atoms with Crippen molar-refractivity contribution in [2.75, 3.05) is 13.2 Å². The zero-order valence-electron chi connectivity index (χ0n) is 17.5. The standard InChI is InChI=1S/C19H24NO3.3CH3.Sn/c1-18(2,3)23-17(21)20-13-7-11-19(12-8-14-22-19)16(20)15-9-5-4-6-10-15;;;;/h4-6,9-10,12,16H,7,11,13-14H2,1-3H3;3*1H3;/t16-,19+;;;;/m0..../s1. The van der Waals surface area contributed by atoms with Gasteiger partial charge in [-0.1, -0.05) is 0 Å². The SMILES string of the molecule is CC(C)(C)OC(=O)N1CCC[C@@]2(C=[C]([Sn]([CH3])([CH3])[CH3])CO2)[C@@H]1c1ccccc1. The summed E-state index contributed by atoms with van der Waals surface area (Å²) in [5.74, 6) is 0. The molecule has 0 aliphatic carbocycles. The van der Waals surface area contributed by atoms with E-state index in [1.165, 1.54) is 3.59 Å². The van der Waals surface area contributed by atoms with Gasteiger partial charge in [-0.05, 0) is 0 Å². The fourth-order valence-electron chi connectivity index (χ4n) is 4.00. The van der Waals surface area contributed by atoms with E-state index in [0.717, 1.165) is 18.4 Å². The summed E-state index contributed by atoms with van der Waals surface area (Å²) < 4.78 is 13.8. The van der Waals surface area contributed by atoms with Crippen molar-refractivity contribution in [2.24, 2.45) is 0 Å². The van der Waals surface area contributed by atoms with E-state index in [4.69, 9.17) is 9.47 Å². The molecular weight excluding hydrogens is 445 g/mol. The molecule has 1 amide bonds. The van der Waals surface area contributed by atoms with Crippen molar-refractivity contribution in [1.82, 2.24) is 4.90 Å². The molecule has 27 heavy (non-hydrogen) atoms. The third-order valence-corrected chi connectivity index (χ3v) is 11.7. The number of likely N-dealkylation sites (tertiary alicyclic amines) is 1. The Labute approximate surface area is 167 Å². The van der Waals surface area contributed by atoms with Gasteiger partial charge in [-0.15, -0.1) is 0 Å². The second-order valence-electron chi connectivity index (χ2n) is 9.75. The van der Waals surface area contributed by atoms with Crippen LogP contribution in [0, 0.1) is 0 Å². The molecular formula is C22H33NO3Sn. The molecule has 0 unspecified atom stereocenters. The average Bonchev–Trinajstić information content (AvgIpc) is 2.98. The molecule has 1 spiro atoms. The fraction of sp³-hybridized carbons (Fsp3) is 0.591. The van der Waals surface area contributed by atoms with E-state index in [1.54, 1.807) is 0 Å². The Balaban J connectivity index is 2.03. The topological polar surface area (TPSA) is 38.8 Å². The van der Waals surface area contributed by atoms with E-state index in [-0.39, 0.29) is 12.1 Å². The maximum absolute atomic E-state index is 13.1. The number of hydrogen-bond acceptors (Lipinski definition) is 3. The van der Waals surface area contributed by atoms with Gasteiger partial charge in [0.1, 0.15) is 0 Å². The predicted molar refractivity (Wildman–Crippen MR) is 111 cm³/mol. The molecule has 148 valence electrons. The van der Waals surface area contributed by atoms with Gasteiger partial charge < -0.3 is 0 Å². The Kier molecular flexibility index (Phi) is 5.70. The van der Waals surface area contributed by atoms with Gasteiger partial charge in [0.25, 0.3) is 0 Å². The molecule has 5 heteroatoms. The van der Waals surface area contributed by atoms with Gasteiger partial charge in [0.05, 0.1) is 0 Å². The van der Waals surface area contributed by atoms with E-state index >= 15 is 0 Å². The Morgan fingerprint density at radius 1 is 1.22 bits per heavy atom. The number of ether oxygens (including phenoxy) is 2. The monoisotopic (exact) mass is 479 g/mol. The molecule has 2 heterocycles. The zero-order chi connectivity index (χ0) is 19.9. The molecule has 0 radical (unpaired) electrons. The number of piperidine rings is 1. The number of benzene rings is 1. The van der Waals surface area contributed by atoms with Gasteiger partial charge in [0.15, 0.2) is 0 Å². The molecule has 1 fully saturated rings. The fourth-order valence-corrected chi connectivity index (χ4v) is 7.37. The normalized spacial score (nSPS) is 26.2. The van der Waals surface area contributed by atoms with Gasteiger partial charge in [-0.25, -0.2) is 0 Å². The number of carbonyl (C=O) groups is 1. The molecule has 3 rings (SSSR count). The van der Waals surface area contributed by atoms with Crippen molar-refractivity contribution < 1.29 is 14.3 Å². The third-order valence-electron chi connectivity index (χ3n) is 5.36. The first-order valence-corrected chi connectivity index (χ1v) is 19.9. The molecule has 1 aromatic rings. The molecule has 0 N–H and O–H groups in total. The van der Waals surface area contributed by atoms with Gasteiger partial charge in [0, 0.05) is 0 Å². The quantitative estimate of drug-likeness (QED) is 0.540. The Bertz CT molecular complexity index is 717. The van der Waals surface area contributed by atoms with Crippen LogP contribution in [0.15, 0.2) is 40.0 Å². The summed E-state index contributed by atoms with van der Waals surface area (Å²) in [6.07, 6.45) is 4.00. The molecule has 0 bridgehead atoms. The van der Waals surface area contributed by atoms with Crippen LogP contribution in [0.25, 0.3) is 0 Å². The summed E-state index contributed by atoms with van der Waals surface area (Å²) >= 11 is -2.22. The van der Waals surface area contributed by atoms with E-state index in [0.29, 0.717) is 13.2 Å². The summed E-state index contributed by atoms with van der Waals surface area (Å²) in [7, 11) is 0. The number of rotatable bonds is 2. The minimum absolute atomic E-state index is 0.145.